The third kappa shape index (κ3) is 9.46. The van der Waals surface area contributed by atoms with Crippen molar-refractivity contribution in [3.05, 3.63) is 119 Å². The van der Waals surface area contributed by atoms with E-state index in [1.165, 1.54) is 12.1 Å². The first-order valence-electron chi connectivity index (χ1n) is 18.2. The Morgan fingerprint density at radius 1 is 0.944 bits per heavy atom. The first-order chi connectivity index (χ1) is 25.9. The summed E-state index contributed by atoms with van der Waals surface area (Å²) in [4.78, 5) is 12.9. The summed E-state index contributed by atoms with van der Waals surface area (Å²) < 4.78 is 55.3. The standard InChI is InChI=1S/C43H50N2O8S/c1-31-38(53-39-29-33(44(25-27-51-4)26-28-52-5)20-22-35(39)42(31)32-15-9-6-10-16-32)17-11-7-12-18-40-43(2,3)36-30-34(54(48,49)50)21-23-37(36)45(40)24-14-8-13-19-41(46)47/h6-7,9-12,15-18,20-23,29-30H,8,13-14,19,24-28H2,1-5H3,(H-,46,47,48,49,50). The molecule has 0 amide bonds. The summed E-state index contributed by atoms with van der Waals surface area (Å²) in [5, 5.41) is 10.1. The zero-order chi connectivity index (χ0) is 38.9. The molecule has 286 valence electrons. The number of unbranched alkanes of at least 4 members (excludes halogenated alkanes) is 2. The number of carboxylic acids is 1. The topological polar surface area (TPSA) is 132 Å². The molecule has 0 aromatic heterocycles. The van der Waals surface area contributed by atoms with Crippen LogP contribution >= 0.6 is 0 Å². The van der Waals surface area contributed by atoms with Crippen LogP contribution in [0.1, 0.15) is 56.4 Å². The third-order valence-corrected chi connectivity index (χ3v) is 10.7. The van der Waals surface area contributed by atoms with Crippen molar-refractivity contribution in [2.75, 3.05) is 52.0 Å². The zero-order valence-electron chi connectivity index (χ0n) is 31.7. The van der Waals surface area contributed by atoms with Crippen molar-refractivity contribution in [3.8, 4) is 22.5 Å². The number of ether oxygens (including phenoxy) is 2. The van der Waals surface area contributed by atoms with Gasteiger partial charge in [0.15, 0.2) is 13.1 Å². The lowest BCUT2D eigenvalue weighted by molar-refractivity contribution is -0.137. The Kier molecular flexibility index (Phi) is 13.5. The highest BCUT2D eigenvalue weighted by Gasteiger charge is 2.40. The zero-order valence-corrected chi connectivity index (χ0v) is 32.5. The summed E-state index contributed by atoms with van der Waals surface area (Å²) in [7, 11) is -1.25. The average Bonchev–Trinajstić information content (AvgIpc) is 3.35. The number of hydrogen-bond donors (Lipinski definition) is 1. The lowest BCUT2D eigenvalue weighted by Crippen LogP contribution is -2.35. The number of nitrogens with zero attached hydrogens (tertiary/aromatic N) is 2. The van der Waals surface area contributed by atoms with Crippen molar-refractivity contribution in [3.63, 3.8) is 0 Å². The van der Waals surface area contributed by atoms with Gasteiger partial charge in [0.05, 0.1) is 11.0 Å². The van der Waals surface area contributed by atoms with E-state index in [1.807, 2.05) is 62.4 Å². The van der Waals surface area contributed by atoms with Gasteiger partial charge in [0.1, 0.15) is 34.9 Å². The Morgan fingerprint density at radius 3 is 2.33 bits per heavy atom. The number of benzene rings is 3. The van der Waals surface area contributed by atoms with Gasteiger partial charge in [-0.25, -0.2) is 13.0 Å². The van der Waals surface area contributed by atoms with Gasteiger partial charge in [0.2, 0.25) is 5.36 Å². The van der Waals surface area contributed by atoms with E-state index in [-0.39, 0.29) is 11.3 Å². The maximum Gasteiger partial charge on any atom is 0.303 e. The molecule has 2 aliphatic heterocycles. The molecular weight excluding hydrogens is 705 g/mol. The van der Waals surface area contributed by atoms with Gasteiger partial charge < -0.3 is 28.5 Å². The maximum absolute atomic E-state index is 11.9. The second-order valence-corrected chi connectivity index (χ2v) is 15.3. The largest absolute Gasteiger partial charge is 0.744 e. The van der Waals surface area contributed by atoms with Gasteiger partial charge in [0.25, 0.3) is 0 Å². The Bertz CT molecular complexity index is 2170. The van der Waals surface area contributed by atoms with Crippen LogP contribution in [-0.4, -0.2) is 71.1 Å². The van der Waals surface area contributed by atoms with E-state index in [1.54, 1.807) is 20.3 Å². The summed E-state index contributed by atoms with van der Waals surface area (Å²) >= 11 is 0. The first kappa shape index (κ1) is 40.4. The van der Waals surface area contributed by atoms with E-state index in [4.69, 9.17) is 19.0 Å². The van der Waals surface area contributed by atoms with E-state index in [9.17, 15) is 17.8 Å². The molecule has 2 aromatic carbocycles. The Labute approximate surface area is 318 Å². The van der Waals surface area contributed by atoms with Crippen LogP contribution in [0, 0.1) is 6.92 Å². The highest BCUT2D eigenvalue weighted by atomic mass is 32.2. The molecule has 0 bridgehead atoms. The van der Waals surface area contributed by atoms with Crippen molar-refractivity contribution < 1.29 is 36.8 Å². The van der Waals surface area contributed by atoms with E-state index in [2.05, 4.69) is 46.7 Å². The lowest BCUT2D eigenvalue weighted by atomic mass is 9.83. The van der Waals surface area contributed by atoms with E-state index in [0.717, 1.165) is 68.9 Å². The molecule has 11 heteroatoms. The van der Waals surface area contributed by atoms with E-state index in [0.29, 0.717) is 39.3 Å². The van der Waals surface area contributed by atoms with Crippen LogP contribution < -0.4 is 14.8 Å². The first-order valence-corrected chi connectivity index (χ1v) is 19.6. The molecule has 0 spiro atoms. The van der Waals surface area contributed by atoms with Crippen LogP contribution in [0.5, 0.6) is 0 Å². The van der Waals surface area contributed by atoms with Crippen molar-refractivity contribution in [2.24, 2.45) is 0 Å². The van der Waals surface area contributed by atoms with Crippen molar-refractivity contribution in [1.29, 1.82) is 0 Å². The van der Waals surface area contributed by atoms with Crippen molar-refractivity contribution in [2.45, 2.75) is 56.8 Å². The van der Waals surface area contributed by atoms with Gasteiger partial charge in [-0.05, 0) is 72.9 Å². The fraction of sp³-hybridized carbons (Fsp3) is 0.349. The predicted molar refractivity (Wildman–Crippen MR) is 211 cm³/mol. The summed E-state index contributed by atoms with van der Waals surface area (Å²) in [5.74, 6) is 0.661. The molecule has 0 saturated heterocycles. The van der Waals surface area contributed by atoms with Crippen LogP contribution in [0.15, 0.2) is 106 Å². The molecule has 3 aliphatic rings. The molecule has 0 atom stereocenters. The van der Waals surface area contributed by atoms with Gasteiger partial charge in [-0.1, -0.05) is 68.8 Å². The van der Waals surface area contributed by atoms with E-state index < -0.39 is 21.5 Å². The highest BCUT2D eigenvalue weighted by Crippen LogP contribution is 2.48. The van der Waals surface area contributed by atoms with Gasteiger partial charge in [0, 0.05) is 61.2 Å². The minimum atomic E-state index is -4.63. The fourth-order valence-electron chi connectivity index (χ4n) is 7.06. The second kappa shape index (κ2) is 18.0. The molecule has 0 fully saturated rings. The summed E-state index contributed by atoms with van der Waals surface area (Å²) in [5.41, 5.74) is 6.13. The Morgan fingerprint density at radius 2 is 1.67 bits per heavy atom. The second-order valence-electron chi connectivity index (χ2n) is 13.9. The molecule has 1 aliphatic carbocycles. The molecule has 2 aromatic rings. The Hall–Kier alpha value is -4.81. The van der Waals surface area contributed by atoms with Gasteiger partial charge in [-0.3, -0.25) is 4.79 Å². The minimum Gasteiger partial charge on any atom is -0.744 e. The molecule has 54 heavy (non-hydrogen) atoms. The molecule has 2 heterocycles. The number of anilines is 1. The number of allylic oxidation sites excluding steroid dienone is 5. The molecule has 5 rings (SSSR count). The number of aliphatic carboxylic acids is 1. The quantitative estimate of drug-likeness (QED) is 0.0514. The number of fused-ring (bicyclic) bond motifs is 2. The molecule has 10 nitrogen and oxygen atoms in total. The minimum absolute atomic E-state index is 0.114. The van der Waals surface area contributed by atoms with Crippen molar-refractivity contribution >= 4 is 27.9 Å². The lowest BCUT2D eigenvalue weighted by Gasteiger charge is -2.27. The van der Waals surface area contributed by atoms with Crippen molar-refractivity contribution in [1.82, 2.24) is 4.58 Å². The third-order valence-electron chi connectivity index (χ3n) is 9.91. The smallest absolute Gasteiger partial charge is 0.303 e. The number of hydrogen-bond acceptors (Lipinski definition) is 8. The van der Waals surface area contributed by atoms with Crippen LogP contribution in [0.2, 0.25) is 0 Å². The number of carbonyl (C=O) groups is 1. The fourth-order valence-corrected chi connectivity index (χ4v) is 7.55. The monoisotopic (exact) mass is 754 g/mol. The van der Waals surface area contributed by atoms with Gasteiger partial charge >= 0.3 is 5.97 Å². The number of rotatable bonds is 17. The SMILES string of the molecule is COCC[N+](CCOC)=c1ccc2c(-c3ccccc3)c(C)c(/C=C/C=C/C=C3/N(CCCCCC(=O)O)c4ccc(S(=O)(=O)[O-])cc4C3(C)C)oc-2c1. The Balaban J connectivity index is 1.51. The van der Waals surface area contributed by atoms with Crippen LogP contribution in [0.4, 0.5) is 5.69 Å². The van der Waals surface area contributed by atoms with Gasteiger partial charge in [-0.15, -0.1) is 0 Å². The number of methoxy groups -OCH3 is 2. The summed E-state index contributed by atoms with van der Waals surface area (Å²) in [6.07, 6.45) is 11.9. The molecular formula is C43H50N2O8S. The molecule has 0 saturated carbocycles. The predicted octanol–water partition coefficient (Wildman–Crippen LogP) is 7.23. The molecule has 0 radical (unpaired) electrons. The van der Waals surface area contributed by atoms with Crippen LogP contribution in [0.3, 0.4) is 0 Å². The summed E-state index contributed by atoms with van der Waals surface area (Å²) in [6.45, 7) is 9.27. The maximum atomic E-state index is 11.9. The highest BCUT2D eigenvalue weighted by molar-refractivity contribution is 7.85. The van der Waals surface area contributed by atoms with Crippen LogP contribution in [0.25, 0.3) is 28.5 Å². The average molecular weight is 755 g/mol. The van der Waals surface area contributed by atoms with Gasteiger partial charge in [-0.2, -0.15) is 0 Å². The van der Waals surface area contributed by atoms with Crippen LogP contribution in [-0.2, 0) is 29.8 Å². The number of carboxylic acid groups (broad SMARTS) is 1. The summed E-state index contributed by atoms with van der Waals surface area (Å²) in [6, 6.07) is 21.1. The van der Waals surface area contributed by atoms with E-state index >= 15 is 0 Å². The molecule has 1 N–H and O–H groups in total. The molecule has 0 unspecified atom stereocenters. The normalized spacial score (nSPS) is 14.9.